The Labute approximate surface area is 101 Å². The summed E-state index contributed by atoms with van der Waals surface area (Å²) in [6, 6.07) is 0.270. The maximum atomic E-state index is 6.00. The van der Waals surface area contributed by atoms with Crippen LogP contribution in [0.3, 0.4) is 0 Å². The van der Waals surface area contributed by atoms with Crippen molar-refractivity contribution < 1.29 is 0 Å². The standard InChI is InChI=1S/C10H18ClN5/c1-7(6-16(3)4)14-9-8(11)5-13-10(12-2)15-9/h5,7H,6H2,1-4H3,(H2,12,13,14,15). The van der Waals surface area contributed by atoms with E-state index in [1.165, 1.54) is 0 Å². The second kappa shape index (κ2) is 5.86. The van der Waals surface area contributed by atoms with E-state index in [2.05, 4.69) is 32.4 Å². The molecule has 1 aromatic heterocycles. The first kappa shape index (κ1) is 13.0. The summed E-state index contributed by atoms with van der Waals surface area (Å²) in [6.07, 6.45) is 1.59. The third kappa shape index (κ3) is 3.83. The van der Waals surface area contributed by atoms with Crippen LogP contribution in [0.15, 0.2) is 6.20 Å². The van der Waals surface area contributed by atoms with Gasteiger partial charge in [0.05, 0.1) is 6.20 Å². The zero-order valence-corrected chi connectivity index (χ0v) is 10.8. The van der Waals surface area contributed by atoms with Gasteiger partial charge in [-0.15, -0.1) is 0 Å². The molecule has 0 aliphatic carbocycles. The van der Waals surface area contributed by atoms with Crippen molar-refractivity contribution in [3.8, 4) is 0 Å². The van der Waals surface area contributed by atoms with Gasteiger partial charge in [0.15, 0.2) is 5.82 Å². The minimum Gasteiger partial charge on any atom is -0.365 e. The Morgan fingerprint density at radius 3 is 2.75 bits per heavy atom. The zero-order valence-electron chi connectivity index (χ0n) is 10.1. The van der Waals surface area contributed by atoms with E-state index < -0.39 is 0 Å². The van der Waals surface area contributed by atoms with Crippen LogP contribution in [0.4, 0.5) is 11.8 Å². The van der Waals surface area contributed by atoms with Crippen molar-refractivity contribution in [3.63, 3.8) is 0 Å². The molecule has 0 radical (unpaired) electrons. The largest absolute Gasteiger partial charge is 0.365 e. The first-order chi connectivity index (χ1) is 7.52. The topological polar surface area (TPSA) is 53.1 Å². The zero-order chi connectivity index (χ0) is 12.1. The molecule has 1 atom stereocenters. The van der Waals surface area contributed by atoms with Crippen molar-refractivity contribution in [2.24, 2.45) is 0 Å². The number of anilines is 2. The van der Waals surface area contributed by atoms with E-state index in [9.17, 15) is 0 Å². The molecule has 6 heteroatoms. The molecule has 0 amide bonds. The first-order valence-electron chi connectivity index (χ1n) is 5.14. The lowest BCUT2D eigenvalue weighted by Gasteiger charge is -2.19. The average Bonchev–Trinajstić information content (AvgIpc) is 2.20. The summed E-state index contributed by atoms with van der Waals surface area (Å²) < 4.78 is 0. The van der Waals surface area contributed by atoms with Crippen LogP contribution in [-0.2, 0) is 0 Å². The van der Waals surface area contributed by atoms with Crippen LogP contribution in [0.1, 0.15) is 6.92 Å². The Morgan fingerprint density at radius 2 is 2.19 bits per heavy atom. The number of nitrogens with zero attached hydrogens (tertiary/aromatic N) is 3. The predicted molar refractivity (Wildman–Crippen MR) is 68.2 cm³/mol. The lowest BCUT2D eigenvalue weighted by Crippen LogP contribution is -2.30. The molecule has 0 saturated heterocycles. The Kier molecular flexibility index (Phi) is 4.76. The van der Waals surface area contributed by atoms with Gasteiger partial charge in [-0.1, -0.05) is 11.6 Å². The molecule has 2 N–H and O–H groups in total. The molecular weight excluding hydrogens is 226 g/mol. The fourth-order valence-corrected chi connectivity index (χ4v) is 1.56. The Morgan fingerprint density at radius 1 is 1.50 bits per heavy atom. The van der Waals surface area contributed by atoms with Gasteiger partial charge in [0.2, 0.25) is 5.95 Å². The van der Waals surface area contributed by atoms with Gasteiger partial charge in [-0.05, 0) is 21.0 Å². The fourth-order valence-electron chi connectivity index (χ4n) is 1.42. The van der Waals surface area contributed by atoms with Crippen LogP contribution in [0.25, 0.3) is 0 Å². The van der Waals surface area contributed by atoms with Gasteiger partial charge in [-0.25, -0.2) is 4.98 Å². The van der Waals surface area contributed by atoms with Crippen molar-refractivity contribution >= 4 is 23.4 Å². The molecule has 0 aliphatic heterocycles. The van der Waals surface area contributed by atoms with Gasteiger partial charge in [0.25, 0.3) is 0 Å². The third-order valence-electron chi connectivity index (χ3n) is 1.99. The summed E-state index contributed by atoms with van der Waals surface area (Å²) in [5.74, 6) is 1.22. The minimum atomic E-state index is 0.270. The van der Waals surface area contributed by atoms with Gasteiger partial charge in [0.1, 0.15) is 5.02 Å². The van der Waals surface area contributed by atoms with Crippen LogP contribution >= 0.6 is 11.6 Å². The van der Waals surface area contributed by atoms with Crippen LogP contribution in [0, 0.1) is 0 Å². The summed E-state index contributed by atoms with van der Waals surface area (Å²) in [7, 11) is 5.83. The smallest absolute Gasteiger partial charge is 0.224 e. The molecule has 0 fully saturated rings. The van der Waals surface area contributed by atoms with Gasteiger partial charge >= 0.3 is 0 Å². The van der Waals surface area contributed by atoms with Crippen LogP contribution in [-0.4, -0.2) is 48.6 Å². The third-order valence-corrected chi connectivity index (χ3v) is 2.27. The van der Waals surface area contributed by atoms with E-state index in [-0.39, 0.29) is 6.04 Å². The lowest BCUT2D eigenvalue weighted by molar-refractivity contribution is 0.392. The Bertz CT molecular complexity index is 342. The van der Waals surface area contributed by atoms with Crippen molar-refractivity contribution in [2.75, 3.05) is 38.3 Å². The molecule has 0 saturated carbocycles. The predicted octanol–water partition coefficient (Wildman–Crippen LogP) is 1.53. The van der Waals surface area contributed by atoms with Crippen molar-refractivity contribution in [1.29, 1.82) is 0 Å². The molecular formula is C10H18ClN5. The molecule has 1 aromatic rings. The van der Waals surface area contributed by atoms with Gasteiger partial charge in [0, 0.05) is 19.6 Å². The highest BCUT2D eigenvalue weighted by atomic mass is 35.5. The minimum absolute atomic E-state index is 0.270. The molecule has 0 bridgehead atoms. The maximum Gasteiger partial charge on any atom is 0.224 e. The Balaban J connectivity index is 2.71. The number of nitrogens with one attached hydrogen (secondary N) is 2. The molecule has 5 nitrogen and oxygen atoms in total. The van der Waals surface area contributed by atoms with Gasteiger partial charge in [-0.2, -0.15) is 4.98 Å². The molecule has 90 valence electrons. The molecule has 0 spiro atoms. The van der Waals surface area contributed by atoms with Crippen molar-refractivity contribution in [3.05, 3.63) is 11.2 Å². The molecule has 0 aliphatic rings. The van der Waals surface area contributed by atoms with Crippen LogP contribution < -0.4 is 10.6 Å². The molecule has 16 heavy (non-hydrogen) atoms. The van der Waals surface area contributed by atoms with E-state index >= 15 is 0 Å². The van der Waals surface area contributed by atoms with E-state index in [1.807, 2.05) is 14.1 Å². The second-order valence-corrected chi connectivity index (χ2v) is 4.35. The van der Waals surface area contributed by atoms with Gasteiger partial charge < -0.3 is 15.5 Å². The lowest BCUT2D eigenvalue weighted by atomic mass is 10.3. The summed E-state index contributed by atoms with van der Waals surface area (Å²) in [5, 5.41) is 6.66. The second-order valence-electron chi connectivity index (χ2n) is 3.95. The maximum absolute atomic E-state index is 6.00. The van der Waals surface area contributed by atoms with Crippen LogP contribution in [0.2, 0.25) is 5.02 Å². The van der Waals surface area contributed by atoms with Gasteiger partial charge in [-0.3, -0.25) is 0 Å². The molecule has 0 aromatic carbocycles. The van der Waals surface area contributed by atoms with E-state index in [4.69, 9.17) is 11.6 Å². The summed E-state index contributed by atoms with van der Waals surface area (Å²) in [5.41, 5.74) is 0. The summed E-state index contributed by atoms with van der Waals surface area (Å²) in [4.78, 5) is 10.4. The normalized spacial score (nSPS) is 12.6. The molecule has 1 heterocycles. The number of rotatable bonds is 5. The number of halogens is 1. The monoisotopic (exact) mass is 243 g/mol. The van der Waals surface area contributed by atoms with Crippen molar-refractivity contribution in [1.82, 2.24) is 14.9 Å². The summed E-state index contributed by atoms with van der Waals surface area (Å²) >= 11 is 6.00. The molecule has 1 rings (SSSR count). The highest BCUT2D eigenvalue weighted by Crippen LogP contribution is 2.19. The highest BCUT2D eigenvalue weighted by molar-refractivity contribution is 6.32. The molecule has 1 unspecified atom stereocenters. The van der Waals surface area contributed by atoms with E-state index in [0.29, 0.717) is 16.8 Å². The van der Waals surface area contributed by atoms with Crippen LogP contribution in [0.5, 0.6) is 0 Å². The highest BCUT2D eigenvalue weighted by Gasteiger charge is 2.08. The number of likely N-dealkylation sites (N-methyl/N-ethyl adjacent to an activating group) is 1. The first-order valence-corrected chi connectivity index (χ1v) is 5.52. The number of aromatic nitrogens is 2. The fraction of sp³-hybridized carbons (Fsp3) is 0.600. The number of hydrogen-bond donors (Lipinski definition) is 2. The van der Waals surface area contributed by atoms with E-state index in [1.54, 1.807) is 13.2 Å². The average molecular weight is 244 g/mol. The summed E-state index contributed by atoms with van der Waals surface area (Å²) in [6.45, 7) is 2.99. The quantitative estimate of drug-likeness (QED) is 0.822. The SMILES string of the molecule is CNc1ncc(Cl)c(NC(C)CN(C)C)n1. The number of hydrogen-bond acceptors (Lipinski definition) is 5. The van der Waals surface area contributed by atoms with E-state index in [0.717, 1.165) is 6.54 Å². The Hall–Kier alpha value is -1.07. The van der Waals surface area contributed by atoms with Crippen molar-refractivity contribution in [2.45, 2.75) is 13.0 Å².